The highest BCUT2D eigenvalue weighted by atomic mass is 16.4. The predicted octanol–water partition coefficient (Wildman–Crippen LogP) is 0.252. The van der Waals surface area contributed by atoms with Gasteiger partial charge in [0.05, 0.1) is 12.3 Å². The summed E-state index contributed by atoms with van der Waals surface area (Å²) in [6.07, 6.45) is 1.16. The molecule has 2 N–H and O–H groups in total. The maximum atomic E-state index is 12.3. The normalized spacial score (nSPS) is 16.0. The van der Waals surface area contributed by atoms with Crippen LogP contribution in [-0.2, 0) is 16.0 Å². The van der Waals surface area contributed by atoms with Crippen LogP contribution >= 0.6 is 0 Å². The molecule has 0 atom stereocenters. The Morgan fingerprint density at radius 3 is 2.48 bits per heavy atom. The maximum absolute atomic E-state index is 12.3. The maximum Gasteiger partial charge on any atom is 0.345 e. The van der Waals surface area contributed by atoms with E-state index >= 15 is 0 Å². The van der Waals surface area contributed by atoms with Gasteiger partial charge in [-0.25, -0.2) is 4.79 Å². The van der Waals surface area contributed by atoms with E-state index in [1.807, 2.05) is 0 Å². The van der Waals surface area contributed by atoms with Crippen molar-refractivity contribution in [3.63, 3.8) is 0 Å². The number of H-pyrrole nitrogens is 1. The molecule has 1 fully saturated rings. The number of aliphatic carboxylic acids is 1. The van der Waals surface area contributed by atoms with Crippen LogP contribution in [-0.4, -0.2) is 44.9 Å². The molecule has 0 bridgehead atoms. The summed E-state index contributed by atoms with van der Waals surface area (Å²) in [6, 6.07) is 0. The zero-order valence-electron chi connectivity index (χ0n) is 12.2. The van der Waals surface area contributed by atoms with Crippen molar-refractivity contribution in [1.29, 1.82) is 0 Å². The van der Waals surface area contributed by atoms with Crippen LogP contribution in [0.25, 0.3) is 0 Å². The lowest BCUT2D eigenvalue weighted by atomic mass is 9.96. The Balaban J connectivity index is 2.03. The fourth-order valence-corrected chi connectivity index (χ4v) is 2.65. The minimum absolute atomic E-state index is 0.0566. The second kappa shape index (κ2) is 6.07. The second-order valence-corrected chi connectivity index (χ2v) is 5.40. The van der Waals surface area contributed by atoms with E-state index in [0.717, 1.165) is 5.56 Å². The molecular weight excluding hydrogens is 274 g/mol. The van der Waals surface area contributed by atoms with Gasteiger partial charge in [0.2, 0.25) is 5.91 Å². The van der Waals surface area contributed by atoms with E-state index in [9.17, 15) is 14.4 Å². The highest BCUT2D eigenvalue weighted by molar-refractivity contribution is 5.79. The number of carbonyl (C=O) groups is 2. The molecule has 0 spiro atoms. The molecule has 1 amide bonds. The van der Waals surface area contributed by atoms with Crippen LogP contribution in [0.5, 0.6) is 0 Å². The molecule has 21 heavy (non-hydrogen) atoms. The molecule has 1 aliphatic rings. The molecule has 1 aliphatic heterocycles. The lowest BCUT2D eigenvalue weighted by Gasteiger charge is -2.30. The number of rotatable bonds is 3. The summed E-state index contributed by atoms with van der Waals surface area (Å²) in [5.41, 5.74) is 1.54. The van der Waals surface area contributed by atoms with Crippen molar-refractivity contribution in [2.45, 2.75) is 33.1 Å². The van der Waals surface area contributed by atoms with Crippen LogP contribution in [0.3, 0.4) is 0 Å². The number of hydrogen-bond donors (Lipinski definition) is 2. The van der Waals surface area contributed by atoms with Crippen LogP contribution in [0.2, 0.25) is 0 Å². The zero-order valence-corrected chi connectivity index (χ0v) is 12.2. The molecule has 0 aromatic carbocycles. The van der Waals surface area contributed by atoms with Gasteiger partial charge in [0.25, 0.3) is 0 Å². The second-order valence-electron chi connectivity index (χ2n) is 5.40. The average molecular weight is 293 g/mol. The van der Waals surface area contributed by atoms with Crippen molar-refractivity contribution >= 4 is 11.9 Å². The van der Waals surface area contributed by atoms with Gasteiger partial charge in [-0.15, -0.1) is 0 Å². The fraction of sp³-hybridized carbons (Fsp3) is 0.571. The molecule has 7 heteroatoms. The molecule has 2 rings (SSSR count). The summed E-state index contributed by atoms with van der Waals surface area (Å²) in [5.74, 6) is -1.20. The summed E-state index contributed by atoms with van der Waals surface area (Å²) >= 11 is 0. The van der Waals surface area contributed by atoms with Gasteiger partial charge in [-0.2, -0.15) is 4.98 Å². The van der Waals surface area contributed by atoms with Crippen molar-refractivity contribution in [3.8, 4) is 0 Å². The highest BCUT2D eigenvalue weighted by Crippen LogP contribution is 2.19. The summed E-state index contributed by atoms with van der Waals surface area (Å²) in [5, 5.41) is 8.95. The molecule has 7 nitrogen and oxygen atoms in total. The Hall–Kier alpha value is -2.18. The number of carbonyl (C=O) groups excluding carboxylic acids is 1. The predicted molar refractivity (Wildman–Crippen MR) is 75.0 cm³/mol. The van der Waals surface area contributed by atoms with Crippen molar-refractivity contribution in [3.05, 3.63) is 27.4 Å². The third-order valence-corrected chi connectivity index (χ3v) is 3.98. The molecule has 0 saturated carbocycles. The van der Waals surface area contributed by atoms with Gasteiger partial charge >= 0.3 is 11.7 Å². The lowest BCUT2D eigenvalue weighted by molar-refractivity contribution is -0.145. The molecule has 0 radical (unpaired) electrons. The highest BCUT2D eigenvalue weighted by Gasteiger charge is 2.27. The Bertz CT molecular complexity index is 589. The van der Waals surface area contributed by atoms with Crippen molar-refractivity contribution < 1.29 is 14.7 Å². The smallest absolute Gasteiger partial charge is 0.345 e. The standard InChI is InChI=1S/C14H19N3O4/c1-8-11(9(2)16-14(21)15-8)7-12(18)17-5-3-10(4-6-17)13(19)20/h10H,3-7H2,1-2H3,(H,19,20)(H,15,16,21). The van der Waals surface area contributed by atoms with Crippen LogP contribution in [0.4, 0.5) is 0 Å². The van der Waals surface area contributed by atoms with E-state index in [1.54, 1.807) is 18.7 Å². The monoisotopic (exact) mass is 293 g/mol. The number of likely N-dealkylation sites (tertiary alicyclic amines) is 1. The minimum Gasteiger partial charge on any atom is -0.481 e. The van der Waals surface area contributed by atoms with Crippen molar-refractivity contribution in [1.82, 2.24) is 14.9 Å². The third-order valence-electron chi connectivity index (χ3n) is 3.98. The largest absolute Gasteiger partial charge is 0.481 e. The van der Waals surface area contributed by atoms with Crippen LogP contribution in [0.15, 0.2) is 4.79 Å². The fourth-order valence-electron chi connectivity index (χ4n) is 2.65. The Morgan fingerprint density at radius 2 is 1.95 bits per heavy atom. The van der Waals surface area contributed by atoms with E-state index in [1.165, 1.54) is 0 Å². The molecule has 1 aromatic rings. The molecule has 1 saturated heterocycles. The summed E-state index contributed by atoms with van der Waals surface area (Å²) in [6.45, 7) is 4.38. The van der Waals surface area contributed by atoms with Gasteiger partial charge in [-0.05, 0) is 26.7 Å². The van der Waals surface area contributed by atoms with Gasteiger partial charge in [-0.1, -0.05) is 0 Å². The number of carboxylic acids is 1. The number of nitrogens with zero attached hydrogens (tertiary/aromatic N) is 2. The van der Waals surface area contributed by atoms with Gasteiger partial charge in [-0.3, -0.25) is 9.59 Å². The Labute approximate surface area is 122 Å². The first kappa shape index (κ1) is 15.2. The first-order valence-corrected chi connectivity index (χ1v) is 6.95. The molecule has 2 heterocycles. The number of amides is 1. The molecule has 114 valence electrons. The van der Waals surface area contributed by atoms with E-state index < -0.39 is 11.7 Å². The van der Waals surface area contributed by atoms with E-state index in [4.69, 9.17) is 5.11 Å². The van der Waals surface area contributed by atoms with Crippen LogP contribution in [0.1, 0.15) is 29.8 Å². The number of hydrogen-bond acceptors (Lipinski definition) is 4. The average Bonchev–Trinajstić information content (AvgIpc) is 2.42. The first-order valence-electron chi connectivity index (χ1n) is 6.95. The van der Waals surface area contributed by atoms with Crippen molar-refractivity contribution in [2.24, 2.45) is 5.92 Å². The van der Waals surface area contributed by atoms with E-state index in [2.05, 4.69) is 9.97 Å². The topological polar surface area (TPSA) is 103 Å². The molecular formula is C14H19N3O4. The van der Waals surface area contributed by atoms with Gasteiger partial charge in [0.1, 0.15) is 0 Å². The summed E-state index contributed by atoms with van der Waals surface area (Å²) in [4.78, 5) is 42.5. The van der Waals surface area contributed by atoms with Gasteiger partial charge in [0.15, 0.2) is 0 Å². The number of aryl methyl sites for hydroxylation is 2. The van der Waals surface area contributed by atoms with Gasteiger partial charge in [0, 0.05) is 30.0 Å². The zero-order chi connectivity index (χ0) is 15.6. The number of aromatic amines is 1. The number of nitrogens with one attached hydrogen (secondary N) is 1. The van der Waals surface area contributed by atoms with Crippen molar-refractivity contribution in [2.75, 3.05) is 13.1 Å². The molecule has 1 aromatic heterocycles. The Morgan fingerprint density at radius 1 is 1.33 bits per heavy atom. The molecule has 0 aliphatic carbocycles. The number of piperidine rings is 1. The van der Waals surface area contributed by atoms with E-state index in [-0.39, 0.29) is 18.2 Å². The number of carboxylic acid groups (broad SMARTS) is 1. The number of aromatic nitrogens is 2. The minimum atomic E-state index is -0.793. The lowest BCUT2D eigenvalue weighted by Crippen LogP contribution is -2.41. The van der Waals surface area contributed by atoms with Crippen LogP contribution in [0, 0.1) is 19.8 Å². The quantitative estimate of drug-likeness (QED) is 0.831. The third kappa shape index (κ3) is 3.48. The SMILES string of the molecule is Cc1nc(=O)[nH]c(C)c1CC(=O)N1CCC(C(=O)O)CC1. The summed E-state index contributed by atoms with van der Waals surface area (Å²) < 4.78 is 0. The van der Waals surface area contributed by atoms with E-state index in [0.29, 0.717) is 37.3 Å². The summed E-state index contributed by atoms with van der Waals surface area (Å²) in [7, 11) is 0. The Kier molecular flexibility index (Phi) is 4.40. The molecule has 0 unspecified atom stereocenters. The van der Waals surface area contributed by atoms with Gasteiger partial charge < -0.3 is 15.0 Å². The first-order chi connectivity index (χ1) is 9.88. The van der Waals surface area contributed by atoms with Crippen LogP contribution < -0.4 is 5.69 Å².